The third kappa shape index (κ3) is 4.81. The molecule has 0 saturated heterocycles. The zero-order chi connectivity index (χ0) is 18.3. The van der Waals surface area contributed by atoms with Crippen LogP contribution in [-0.2, 0) is 4.79 Å². The van der Waals surface area contributed by atoms with Crippen molar-refractivity contribution >= 4 is 17.8 Å². The van der Waals surface area contributed by atoms with Crippen LogP contribution in [0.3, 0.4) is 0 Å². The van der Waals surface area contributed by atoms with Gasteiger partial charge in [-0.15, -0.1) is 0 Å². The van der Waals surface area contributed by atoms with Gasteiger partial charge in [0.05, 0.1) is 5.56 Å². The average molecular weight is 346 g/mol. The van der Waals surface area contributed by atoms with Gasteiger partial charge in [-0.25, -0.2) is 4.79 Å². The number of hydrogen-bond donors (Lipinski definition) is 3. The molecule has 0 unspecified atom stereocenters. The van der Waals surface area contributed by atoms with E-state index < -0.39 is 17.4 Å². The first-order valence-electron chi connectivity index (χ1n) is 8.93. The van der Waals surface area contributed by atoms with Crippen LogP contribution in [0.2, 0.25) is 0 Å². The highest BCUT2D eigenvalue weighted by atomic mass is 16.4. The molecule has 25 heavy (non-hydrogen) atoms. The van der Waals surface area contributed by atoms with Gasteiger partial charge in [-0.05, 0) is 37.5 Å². The molecule has 6 heteroatoms. The number of carboxylic acid groups (broad SMARTS) is 1. The molecule has 0 aliphatic heterocycles. The van der Waals surface area contributed by atoms with Gasteiger partial charge in [0.2, 0.25) is 5.91 Å². The SMILES string of the molecule is CCCCNC(=O)C1(NC(=O)c2cccc(C(=O)O)c2)CCCCC1. The number of hydrogen-bond acceptors (Lipinski definition) is 3. The van der Waals surface area contributed by atoms with Crippen LogP contribution in [0.5, 0.6) is 0 Å². The molecule has 1 aliphatic rings. The molecule has 2 amide bonds. The molecule has 136 valence electrons. The summed E-state index contributed by atoms with van der Waals surface area (Å²) in [6.45, 7) is 2.65. The molecule has 3 N–H and O–H groups in total. The molecule has 0 atom stereocenters. The highest BCUT2D eigenvalue weighted by Gasteiger charge is 2.40. The first kappa shape index (κ1) is 19.0. The van der Waals surface area contributed by atoms with Gasteiger partial charge < -0.3 is 15.7 Å². The van der Waals surface area contributed by atoms with Crippen LogP contribution in [-0.4, -0.2) is 35.0 Å². The van der Waals surface area contributed by atoms with Crippen LogP contribution in [0, 0.1) is 0 Å². The minimum Gasteiger partial charge on any atom is -0.478 e. The van der Waals surface area contributed by atoms with Crippen LogP contribution in [0.25, 0.3) is 0 Å². The number of nitrogens with one attached hydrogen (secondary N) is 2. The van der Waals surface area contributed by atoms with Crippen molar-refractivity contribution in [2.75, 3.05) is 6.54 Å². The van der Waals surface area contributed by atoms with Crippen molar-refractivity contribution in [3.05, 3.63) is 35.4 Å². The van der Waals surface area contributed by atoms with E-state index in [4.69, 9.17) is 5.11 Å². The van der Waals surface area contributed by atoms with E-state index in [0.717, 1.165) is 32.1 Å². The number of benzene rings is 1. The summed E-state index contributed by atoms with van der Waals surface area (Å²) in [7, 11) is 0. The molecule has 1 saturated carbocycles. The highest BCUT2D eigenvalue weighted by Crippen LogP contribution is 2.29. The third-order valence-electron chi connectivity index (χ3n) is 4.68. The lowest BCUT2D eigenvalue weighted by molar-refractivity contribution is -0.128. The van der Waals surface area contributed by atoms with E-state index >= 15 is 0 Å². The van der Waals surface area contributed by atoms with Crippen molar-refractivity contribution in [3.63, 3.8) is 0 Å². The lowest BCUT2D eigenvalue weighted by atomic mass is 9.80. The monoisotopic (exact) mass is 346 g/mol. The van der Waals surface area contributed by atoms with Crippen LogP contribution in [0.1, 0.15) is 72.6 Å². The minimum atomic E-state index is -1.08. The maximum absolute atomic E-state index is 12.7. The van der Waals surface area contributed by atoms with Crippen LogP contribution in [0.15, 0.2) is 24.3 Å². The summed E-state index contributed by atoms with van der Waals surface area (Å²) in [5.74, 6) is -1.63. The summed E-state index contributed by atoms with van der Waals surface area (Å²) in [5.41, 5.74) is -0.591. The second-order valence-electron chi connectivity index (χ2n) is 6.59. The van der Waals surface area contributed by atoms with E-state index in [0.29, 0.717) is 19.4 Å². The van der Waals surface area contributed by atoms with Gasteiger partial charge in [0, 0.05) is 12.1 Å². The van der Waals surface area contributed by atoms with Gasteiger partial charge in [0.15, 0.2) is 0 Å². The number of aromatic carboxylic acids is 1. The zero-order valence-electron chi connectivity index (χ0n) is 14.6. The quantitative estimate of drug-likeness (QED) is 0.662. The van der Waals surface area contributed by atoms with Crippen LogP contribution in [0.4, 0.5) is 0 Å². The number of carbonyl (C=O) groups is 3. The smallest absolute Gasteiger partial charge is 0.335 e. The summed E-state index contributed by atoms with van der Waals surface area (Å²) in [5, 5.41) is 14.9. The molecule has 1 aliphatic carbocycles. The molecule has 0 aromatic heterocycles. The largest absolute Gasteiger partial charge is 0.478 e. The summed E-state index contributed by atoms with van der Waals surface area (Å²) < 4.78 is 0. The fourth-order valence-corrected chi connectivity index (χ4v) is 3.20. The number of unbranched alkanes of at least 4 members (excludes halogenated alkanes) is 1. The fraction of sp³-hybridized carbons (Fsp3) is 0.526. The van der Waals surface area contributed by atoms with E-state index in [-0.39, 0.29) is 17.0 Å². The Kier molecular flexibility index (Phi) is 6.56. The molecule has 6 nitrogen and oxygen atoms in total. The van der Waals surface area contributed by atoms with Crippen molar-refractivity contribution in [2.24, 2.45) is 0 Å². The molecule has 0 spiro atoms. The normalized spacial score (nSPS) is 16.0. The second-order valence-corrected chi connectivity index (χ2v) is 6.59. The molecule has 1 aromatic carbocycles. The van der Waals surface area contributed by atoms with Crippen LogP contribution < -0.4 is 10.6 Å². The number of carboxylic acids is 1. The summed E-state index contributed by atoms with van der Waals surface area (Å²) in [6.07, 6.45) is 5.92. The lowest BCUT2D eigenvalue weighted by Crippen LogP contribution is -2.59. The topological polar surface area (TPSA) is 95.5 Å². The van der Waals surface area contributed by atoms with Gasteiger partial charge in [0.1, 0.15) is 5.54 Å². The van der Waals surface area contributed by atoms with Crippen LogP contribution >= 0.6 is 0 Å². The first-order chi connectivity index (χ1) is 12.0. The number of carbonyl (C=O) groups excluding carboxylic acids is 2. The van der Waals surface area contributed by atoms with E-state index in [1.807, 2.05) is 0 Å². The summed E-state index contributed by atoms with van der Waals surface area (Å²) >= 11 is 0. The molecule has 0 radical (unpaired) electrons. The Morgan fingerprint density at radius 3 is 2.44 bits per heavy atom. The van der Waals surface area contributed by atoms with Crippen molar-refractivity contribution in [3.8, 4) is 0 Å². The van der Waals surface area contributed by atoms with E-state index in [2.05, 4.69) is 17.6 Å². The van der Waals surface area contributed by atoms with Crippen molar-refractivity contribution in [1.29, 1.82) is 0 Å². The fourth-order valence-electron chi connectivity index (χ4n) is 3.20. The lowest BCUT2D eigenvalue weighted by Gasteiger charge is -2.36. The molecular weight excluding hydrogens is 320 g/mol. The predicted octanol–water partition coefficient (Wildman–Crippen LogP) is 2.73. The van der Waals surface area contributed by atoms with Gasteiger partial charge in [-0.2, -0.15) is 0 Å². The molecule has 2 rings (SSSR count). The summed E-state index contributed by atoms with van der Waals surface area (Å²) in [4.78, 5) is 36.4. The molecule has 1 aromatic rings. The molecular formula is C19H26N2O4. The Morgan fingerprint density at radius 2 is 1.80 bits per heavy atom. The van der Waals surface area contributed by atoms with Crippen molar-refractivity contribution in [1.82, 2.24) is 10.6 Å². The maximum Gasteiger partial charge on any atom is 0.335 e. The molecule has 0 heterocycles. The van der Waals surface area contributed by atoms with Gasteiger partial charge >= 0.3 is 5.97 Å². The average Bonchev–Trinajstić information content (AvgIpc) is 2.62. The number of rotatable bonds is 7. The Bertz CT molecular complexity index is 636. The third-order valence-corrected chi connectivity index (χ3v) is 4.68. The number of amides is 2. The standard InChI is InChI=1S/C19H26N2O4/c1-2-3-12-20-18(25)19(10-5-4-6-11-19)21-16(22)14-8-7-9-15(13-14)17(23)24/h7-9,13H,2-6,10-12H2,1H3,(H,20,25)(H,21,22)(H,23,24). The predicted molar refractivity (Wildman–Crippen MR) is 94.6 cm³/mol. The maximum atomic E-state index is 12.7. The Morgan fingerprint density at radius 1 is 1.12 bits per heavy atom. The zero-order valence-corrected chi connectivity index (χ0v) is 14.6. The van der Waals surface area contributed by atoms with E-state index in [9.17, 15) is 14.4 Å². The van der Waals surface area contributed by atoms with Crippen molar-refractivity contribution in [2.45, 2.75) is 57.4 Å². The summed E-state index contributed by atoms with van der Waals surface area (Å²) in [6, 6.07) is 5.87. The van der Waals surface area contributed by atoms with Gasteiger partial charge in [-0.3, -0.25) is 9.59 Å². The molecule has 1 fully saturated rings. The van der Waals surface area contributed by atoms with E-state index in [1.165, 1.54) is 18.2 Å². The van der Waals surface area contributed by atoms with Crippen molar-refractivity contribution < 1.29 is 19.5 Å². The molecule has 0 bridgehead atoms. The first-order valence-corrected chi connectivity index (χ1v) is 8.93. The van der Waals surface area contributed by atoms with Gasteiger partial charge in [0.25, 0.3) is 5.91 Å². The minimum absolute atomic E-state index is 0.0535. The van der Waals surface area contributed by atoms with Gasteiger partial charge in [-0.1, -0.05) is 38.7 Å². The second kappa shape index (κ2) is 8.65. The highest BCUT2D eigenvalue weighted by molar-refractivity contribution is 6.01. The van der Waals surface area contributed by atoms with E-state index in [1.54, 1.807) is 6.07 Å². The Balaban J connectivity index is 2.16. The Hall–Kier alpha value is -2.37. The Labute approximate surface area is 148 Å².